The Bertz CT molecular complexity index is 560. The lowest BCUT2D eigenvalue weighted by atomic mass is 10.2. The first-order chi connectivity index (χ1) is 9.50. The third-order valence-electron chi connectivity index (χ3n) is 3.12. The first-order valence-corrected chi connectivity index (χ1v) is 7.80. The van der Waals surface area contributed by atoms with Gasteiger partial charge in [-0.05, 0) is 24.1 Å². The number of nitrogens with zero attached hydrogens (tertiary/aromatic N) is 2. The lowest BCUT2D eigenvalue weighted by Crippen LogP contribution is -2.53. The summed E-state index contributed by atoms with van der Waals surface area (Å²) < 4.78 is 30.6. The molecule has 0 saturated carbocycles. The molecule has 1 N–H and O–H groups in total. The number of carboxylic acids is 1. The van der Waals surface area contributed by atoms with Crippen molar-refractivity contribution in [2.75, 3.05) is 25.5 Å². The zero-order valence-electron chi connectivity index (χ0n) is 10.8. The van der Waals surface area contributed by atoms with Crippen LogP contribution in [0.3, 0.4) is 0 Å². The number of hydrogen-bond acceptors (Lipinski definition) is 5. The number of aromatic nitrogens is 1. The standard InChI is InChI=1S/C12H16N2O5S/c15-12(16)11-9-19-7-6-14(11)20(17,18)8-3-10-1-4-13-5-2-10/h1-2,4-5,11H,3,6-9H2,(H,15,16). The largest absolute Gasteiger partial charge is 0.480 e. The molecule has 2 rings (SSSR count). The van der Waals surface area contributed by atoms with Gasteiger partial charge < -0.3 is 9.84 Å². The Hall–Kier alpha value is -1.51. The summed E-state index contributed by atoms with van der Waals surface area (Å²) in [6.07, 6.45) is 3.52. The second-order valence-electron chi connectivity index (χ2n) is 4.46. The molecule has 2 heterocycles. The predicted octanol–water partition coefficient (Wildman–Crippen LogP) is -0.261. The third-order valence-corrected chi connectivity index (χ3v) is 4.99. The molecule has 1 aliphatic heterocycles. The number of carbonyl (C=O) groups is 1. The maximum atomic E-state index is 12.3. The molecule has 0 bridgehead atoms. The summed E-state index contributed by atoms with van der Waals surface area (Å²) in [6, 6.07) is 2.35. The van der Waals surface area contributed by atoms with E-state index in [0.717, 1.165) is 9.87 Å². The summed E-state index contributed by atoms with van der Waals surface area (Å²) in [5, 5.41) is 9.06. The van der Waals surface area contributed by atoms with Crippen molar-refractivity contribution in [1.29, 1.82) is 0 Å². The zero-order chi connectivity index (χ0) is 14.6. The van der Waals surface area contributed by atoms with Crippen molar-refractivity contribution < 1.29 is 23.1 Å². The summed E-state index contributed by atoms with van der Waals surface area (Å²) in [4.78, 5) is 15.0. The fourth-order valence-electron chi connectivity index (χ4n) is 2.03. The molecule has 7 nitrogen and oxygen atoms in total. The highest BCUT2D eigenvalue weighted by Gasteiger charge is 2.37. The molecule has 0 spiro atoms. The van der Waals surface area contributed by atoms with Crippen LogP contribution in [0, 0.1) is 0 Å². The number of aryl methyl sites for hydroxylation is 1. The van der Waals surface area contributed by atoms with Crippen LogP contribution in [-0.4, -0.2) is 60.3 Å². The highest BCUT2D eigenvalue weighted by atomic mass is 32.2. The Balaban J connectivity index is 2.06. The molecule has 0 aromatic carbocycles. The number of carboxylic acid groups (broad SMARTS) is 1. The van der Waals surface area contributed by atoms with Gasteiger partial charge in [0.15, 0.2) is 0 Å². The lowest BCUT2D eigenvalue weighted by molar-refractivity contribution is -0.146. The Labute approximate surface area is 117 Å². The fourth-order valence-corrected chi connectivity index (χ4v) is 3.65. The van der Waals surface area contributed by atoms with Crippen LogP contribution in [0.25, 0.3) is 0 Å². The average molecular weight is 300 g/mol. The van der Waals surface area contributed by atoms with Crippen LogP contribution in [0.15, 0.2) is 24.5 Å². The van der Waals surface area contributed by atoms with Gasteiger partial charge in [-0.3, -0.25) is 9.78 Å². The smallest absolute Gasteiger partial charge is 0.324 e. The van der Waals surface area contributed by atoms with E-state index in [2.05, 4.69) is 4.98 Å². The average Bonchev–Trinajstić information content (AvgIpc) is 2.46. The summed E-state index contributed by atoms with van der Waals surface area (Å²) in [7, 11) is -3.62. The van der Waals surface area contributed by atoms with E-state index in [4.69, 9.17) is 9.84 Å². The van der Waals surface area contributed by atoms with Crippen LogP contribution < -0.4 is 0 Å². The first-order valence-electron chi connectivity index (χ1n) is 6.19. The normalized spacial score (nSPS) is 20.7. The minimum Gasteiger partial charge on any atom is -0.480 e. The Kier molecular flexibility index (Phi) is 4.69. The van der Waals surface area contributed by atoms with Crippen LogP contribution in [0.1, 0.15) is 5.56 Å². The second kappa shape index (κ2) is 6.29. The highest BCUT2D eigenvalue weighted by Crippen LogP contribution is 2.14. The van der Waals surface area contributed by atoms with Crippen LogP contribution in [0.2, 0.25) is 0 Å². The Morgan fingerprint density at radius 2 is 2.15 bits per heavy atom. The molecular weight excluding hydrogens is 284 g/mol. The number of rotatable bonds is 5. The fraction of sp³-hybridized carbons (Fsp3) is 0.500. The van der Waals surface area contributed by atoms with Crippen LogP contribution in [-0.2, 0) is 26.0 Å². The molecule has 1 atom stereocenters. The lowest BCUT2D eigenvalue weighted by Gasteiger charge is -2.31. The van der Waals surface area contributed by atoms with Crippen molar-refractivity contribution in [3.8, 4) is 0 Å². The maximum Gasteiger partial charge on any atom is 0.324 e. The highest BCUT2D eigenvalue weighted by molar-refractivity contribution is 7.89. The van der Waals surface area contributed by atoms with Gasteiger partial charge >= 0.3 is 5.97 Å². The van der Waals surface area contributed by atoms with Crippen LogP contribution in [0.5, 0.6) is 0 Å². The van der Waals surface area contributed by atoms with Gasteiger partial charge in [0.1, 0.15) is 6.04 Å². The second-order valence-corrected chi connectivity index (χ2v) is 6.50. The van der Waals surface area contributed by atoms with E-state index in [1.807, 2.05) is 0 Å². The van der Waals surface area contributed by atoms with E-state index >= 15 is 0 Å². The van der Waals surface area contributed by atoms with Gasteiger partial charge in [0.05, 0.1) is 19.0 Å². The minimum absolute atomic E-state index is 0.0790. The van der Waals surface area contributed by atoms with Crippen molar-refractivity contribution in [3.05, 3.63) is 30.1 Å². The Morgan fingerprint density at radius 3 is 2.80 bits per heavy atom. The van der Waals surface area contributed by atoms with E-state index in [9.17, 15) is 13.2 Å². The molecule has 8 heteroatoms. The number of ether oxygens (including phenoxy) is 1. The number of aliphatic carboxylic acids is 1. The molecule has 1 unspecified atom stereocenters. The minimum atomic E-state index is -3.62. The number of pyridine rings is 1. The summed E-state index contributed by atoms with van der Waals surface area (Å²) in [6.45, 7) is 0.192. The summed E-state index contributed by atoms with van der Waals surface area (Å²) in [5.74, 6) is -1.31. The first kappa shape index (κ1) is 14.9. The van der Waals surface area contributed by atoms with Gasteiger partial charge in [-0.1, -0.05) is 0 Å². The van der Waals surface area contributed by atoms with Gasteiger partial charge in [-0.25, -0.2) is 8.42 Å². The summed E-state index contributed by atoms with van der Waals surface area (Å²) in [5.41, 5.74) is 0.851. The van der Waals surface area contributed by atoms with Crippen molar-refractivity contribution in [1.82, 2.24) is 9.29 Å². The van der Waals surface area contributed by atoms with Crippen molar-refractivity contribution in [3.63, 3.8) is 0 Å². The molecule has 20 heavy (non-hydrogen) atoms. The quantitative estimate of drug-likeness (QED) is 0.804. The van der Waals surface area contributed by atoms with E-state index in [0.29, 0.717) is 6.42 Å². The van der Waals surface area contributed by atoms with Crippen molar-refractivity contribution >= 4 is 16.0 Å². The molecule has 0 aliphatic carbocycles. The monoisotopic (exact) mass is 300 g/mol. The molecule has 0 amide bonds. The maximum absolute atomic E-state index is 12.3. The molecule has 1 aromatic rings. The topological polar surface area (TPSA) is 96.8 Å². The van der Waals surface area contributed by atoms with Gasteiger partial charge in [0.2, 0.25) is 10.0 Å². The van der Waals surface area contributed by atoms with Crippen molar-refractivity contribution in [2.45, 2.75) is 12.5 Å². The molecule has 0 radical (unpaired) electrons. The SMILES string of the molecule is O=C(O)C1COCCN1S(=O)(=O)CCc1ccncc1. The number of sulfonamides is 1. The van der Waals surface area contributed by atoms with E-state index in [-0.39, 0.29) is 25.5 Å². The van der Waals surface area contributed by atoms with Gasteiger partial charge in [0.25, 0.3) is 0 Å². The van der Waals surface area contributed by atoms with Crippen LogP contribution in [0.4, 0.5) is 0 Å². The molecular formula is C12H16N2O5S. The molecule has 1 aromatic heterocycles. The third kappa shape index (κ3) is 3.53. The van der Waals surface area contributed by atoms with Crippen molar-refractivity contribution in [2.24, 2.45) is 0 Å². The number of hydrogen-bond donors (Lipinski definition) is 1. The van der Waals surface area contributed by atoms with E-state index in [1.165, 1.54) is 0 Å². The van der Waals surface area contributed by atoms with E-state index < -0.39 is 22.0 Å². The molecule has 1 fully saturated rings. The van der Waals surface area contributed by atoms with Gasteiger partial charge in [0, 0.05) is 18.9 Å². The number of morpholine rings is 1. The summed E-state index contributed by atoms with van der Waals surface area (Å²) >= 11 is 0. The molecule has 1 aliphatic rings. The van der Waals surface area contributed by atoms with Gasteiger partial charge in [-0.15, -0.1) is 0 Å². The molecule has 110 valence electrons. The zero-order valence-corrected chi connectivity index (χ0v) is 11.6. The Morgan fingerprint density at radius 1 is 1.45 bits per heavy atom. The predicted molar refractivity (Wildman–Crippen MR) is 70.7 cm³/mol. The van der Waals surface area contributed by atoms with E-state index in [1.54, 1.807) is 24.5 Å². The molecule has 1 saturated heterocycles. The van der Waals surface area contributed by atoms with Gasteiger partial charge in [-0.2, -0.15) is 4.31 Å². The van der Waals surface area contributed by atoms with Crippen LogP contribution >= 0.6 is 0 Å².